The molecule has 7 heteroatoms. The smallest absolute Gasteiger partial charge is 0.346 e. The molecule has 1 heterocycles. The quantitative estimate of drug-likeness (QED) is 0.686. The topological polar surface area (TPSA) is 71.0 Å². The van der Waals surface area contributed by atoms with Crippen molar-refractivity contribution in [2.24, 2.45) is 5.10 Å². The zero-order valence-electron chi connectivity index (χ0n) is 13.7. The molecule has 128 valence electrons. The van der Waals surface area contributed by atoms with Gasteiger partial charge in [0.25, 0.3) is 5.91 Å². The molecule has 0 radical (unpaired) electrons. The highest BCUT2D eigenvalue weighted by atomic mass is 19.1. The van der Waals surface area contributed by atoms with Crippen LogP contribution in [0.25, 0.3) is 0 Å². The molecule has 1 unspecified atom stereocenters. The third-order valence-corrected chi connectivity index (χ3v) is 4.03. The predicted molar refractivity (Wildman–Crippen MR) is 89.7 cm³/mol. The van der Waals surface area contributed by atoms with Crippen LogP contribution in [0.15, 0.2) is 53.6 Å². The monoisotopic (exact) mass is 341 g/mol. The second-order valence-corrected chi connectivity index (χ2v) is 5.70. The van der Waals surface area contributed by atoms with Crippen LogP contribution in [-0.4, -0.2) is 30.3 Å². The fourth-order valence-corrected chi connectivity index (χ4v) is 2.52. The number of hydrogen-bond acceptors (Lipinski definition) is 4. The van der Waals surface area contributed by atoms with Crippen molar-refractivity contribution < 1.29 is 18.7 Å². The summed E-state index contributed by atoms with van der Waals surface area (Å²) in [7, 11) is 1.55. The minimum Gasteiger partial charge on any atom is -0.497 e. The second kappa shape index (κ2) is 6.35. The molecule has 3 amide bonds. The highest BCUT2D eigenvalue weighted by Crippen LogP contribution is 2.30. The Morgan fingerprint density at radius 3 is 2.36 bits per heavy atom. The SMILES string of the molecule is COc1ccc(C2(C)NC(=O)N(/N=C/c3ccc(F)cc3)C2=O)cc1. The molecule has 1 saturated heterocycles. The molecule has 1 atom stereocenters. The van der Waals surface area contributed by atoms with Crippen LogP contribution in [0.5, 0.6) is 5.75 Å². The van der Waals surface area contributed by atoms with Gasteiger partial charge in [0.05, 0.1) is 13.3 Å². The molecule has 0 aliphatic carbocycles. The van der Waals surface area contributed by atoms with Gasteiger partial charge in [-0.25, -0.2) is 9.18 Å². The molecule has 1 fully saturated rings. The van der Waals surface area contributed by atoms with Crippen molar-refractivity contribution >= 4 is 18.2 Å². The molecule has 3 rings (SSSR count). The molecule has 25 heavy (non-hydrogen) atoms. The number of benzene rings is 2. The van der Waals surface area contributed by atoms with Gasteiger partial charge in [-0.15, -0.1) is 5.01 Å². The number of nitrogens with one attached hydrogen (secondary N) is 1. The number of ether oxygens (including phenoxy) is 1. The third kappa shape index (κ3) is 3.08. The van der Waals surface area contributed by atoms with Crippen LogP contribution in [-0.2, 0) is 10.3 Å². The molecule has 1 N–H and O–H groups in total. The van der Waals surface area contributed by atoms with E-state index in [1.54, 1.807) is 38.3 Å². The molecule has 0 aromatic heterocycles. The highest BCUT2D eigenvalue weighted by Gasteiger charge is 2.49. The first-order chi connectivity index (χ1) is 11.9. The number of carbonyl (C=O) groups is 2. The Bertz CT molecular complexity index is 834. The molecule has 1 aliphatic heterocycles. The number of rotatable bonds is 4. The lowest BCUT2D eigenvalue weighted by atomic mass is 9.92. The highest BCUT2D eigenvalue weighted by molar-refractivity contribution is 6.07. The van der Waals surface area contributed by atoms with Gasteiger partial charge < -0.3 is 10.1 Å². The van der Waals surface area contributed by atoms with Crippen LogP contribution in [0.4, 0.5) is 9.18 Å². The summed E-state index contributed by atoms with van der Waals surface area (Å²) in [5.74, 6) is -0.226. The Labute approximate surface area is 143 Å². The molecular weight excluding hydrogens is 325 g/mol. The van der Waals surface area contributed by atoms with Gasteiger partial charge in [0.1, 0.15) is 17.1 Å². The molecule has 0 bridgehead atoms. The Balaban J connectivity index is 1.84. The summed E-state index contributed by atoms with van der Waals surface area (Å²) in [6.45, 7) is 1.61. The van der Waals surface area contributed by atoms with E-state index in [0.717, 1.165) is 5.01 Å². The van der Waals surface area contributed by atoms with Crippen LogP contribution in [0, 0.1) is 5.82 Å². The van der Waals surface area contributed by atoms with E-state index < -0.39 is 17.5 Å². The van der Waals surface area contributed by atoms with Gasteiger partial charge in [-0.1, -0.05) is 24.3 Å². The van der Waals surface area contributed by atoms with E-state index in [-0.39, 0.29) is 5.82 Å². The Morgan fingerprint density at radius 2 is 1.76 bits per heavy atom. The third-order valence-electron chi connectivity index (χ3n) is 4.03. The molecule has 2 aromatic carbocycles. The lowest BCUT2D eigenvalue weighted by Gasteiger charge is -2.21. The fourth-order valence-electron chi connectivity index (χ4n) is 2.52. The van der Waals surface area contributed by atoms with Crippen LogP contribution < -0.4 is 10.1 Å². The Kier molecular flexibility index (Phi) is 4.22. The van der Waals surface area contributed by atoms with Crippen molar-refractivity contribution in [1.82, 2.24) is 10.3 Å². The minimum atomic E-state index is -1.22. The van der Waals surface area contributed by atoms with E-state index in [0.29, 0.717) is 16.9 Å². The summed E-state index contributed by atoms with van der Waals surface area (Å²) in [6, 6.07) is 11.8. The van der Waals surface area contributed by atoms with E-state index >= 15 is 0 Å². The molecule has 1 aliphatic rings. The lowest BCUT2D eigenvalue weighted by Crippen LogP contribution is -2.40. The first-order valence-electron chi connectivity index (χ1n) is 7.55. The maximum Gasteiger partial charge on any atom is 0.346 e. The van der Waals surface area contributed by atoms with Gasteiger partial charge in [-0.2, -0.15) is 5.10 Å². The first-order valence-corrected chi connectivity index (χ1v) is 7.55. The number of hydrogen-bond donors (Lipinski definition) is 1. The Morgan fingerprint density at radius 1 is 1.12 bits per heavy atom. The predicted octanol–water partition coefficient (Wildman–Crippen LogP) is 2.64. The van der Waals surface area contributed by atoms with Gasteiger partial charge in [-0.05, 0) is 42.3 Å². The lowest BCUT2D eigenvalue weighted by molar-refractivity contribution is -0.131. The molecule has 0 spiro atoms. The molecular formula is C18H16FN3O3. The van der Waals surface area contributed by atoms with Gasteiger partial charge in [0.15, 0.2) is 0 Å². The van der Waals surface area contributed by atoms with Gasteiger partial charge in [0, 0.05) is 0 Å². The van der Waals surface area contributed by atoms with Crippen LogP contribution >= 0.6 is 0 Å². The number of imide groups is 1. The summed E-state index contributed by atoms with van der Waals surface area (Å²) >= 11 is 0. The van der Waals surface area contributed by atoms with Gasteiger partial charge >= 0.3 is 6.03 Å². The van der Waals surface area contributed by atoms with Gasteiger partial charge in [0.2, 0.25) is 0 Å². The van der Waals surface area contributed by atoms with Crippen LogP contribution in [0.3, 0.4) is 0 Å². The second-order valence-electron chi connectivity index (χ2n) is 5.70. The summed E-state index contributed by atoms with van der Waals surface area (Å²) in [5, 5.41) is 7.36. The average Bonchev–Trinajstić information content (AvgIpc) is 2.84. The van der Waals surface area contributed by atoms with Crippen molar-refractivity contribution in [1.29, 1.82) is 0 Å². The number of halogens is 1. The number of amides is 3. The minimum absolute atomic E-state index is 0.376. The largest absolute Gasteiger partial charge is 0.497 e. The zero-order chi connectivity index (χ0) is 18.0. The van der Waals surface area contributed by atoms with Crippen molar-refractivity contribution in [3.63, 3.8) is 0 Å². The molecule has 0 saturated carbocycles. The number of urea groups is 1. The number of hydrazone groups is 1. The fraction of sp³-hybridized carbons (Fsp3) is 0.167. The van der Waals surface area contributed by atoms with E-state index in [9.17, 15) is 14.0 Å². The first kappa shape index (κ1) is 16.6. The molecule has 2 aromatic rings. The maximum absolute atomic E-state index is 12.9. The van der Waals surface area contributed by atoms with E-state index in [2.05, 4.69) is 10.4 Å². The number of carbonyl (C=O) groups excluding carboxylic acids is 2. The van der Waals surface area contributed by atoms with Crippen LogP contribution in [0.1, 0.15) is 18.1 Å². The van der Waals surface area contributed by atoms with E-state index in [1.165, 1.54) is 30.5 Å². The zero-order valence-corrected chi connectivity index (χ0v) is 13.7. The number of nitrogens with zero attached hydrogens (tertiary/aromatic N) is 2. The van der Waals surface area contributed by atoms with Crippen molar-refractivity contribution in [3.05, 3.63) is 65.5 Å². The standard InChI is InChI=1S/C18H16FN3O3/c1-18(13-5-9-15(25-2)10-6-13)16(23)22(17(24)21-18)20-11-12-3-7-14(19)8-4-12/h3-11H,1-2H3,(H,21,24)/b20-11+. The summed E-state index contributed by atoms with van der Waals surface area (Å²) in [5.41, 5.74) is -0.0325. The van der Waals surface area contributed by atoms with Gasteiger partial charge in [-0.3, -0.25) is 4.79 Å². The van der Waals surface area contributed by atoms with Crippen molar-refractivity contribution in [2.45, 2.75) is 12.5 Å². The summed E-state index contributed by atoms with van der Waals surface area (Å²) in [4.78, 5) is 24.9. The van der Waals surface area contributed by atoms with Crippen molar-refractivity contribution in [2.75, 3.05) is 7.11 Å². The molecule has 6 nitrogen and oxygen atoms in total. The maximum atomic E-state index is 12.9. The summed E-state index contributed by atoms with van der Waals surface area (Å²) < 4.78 is 18.0. The summed E-state index contributed by atoms with van der Waals surface area (Å²) in [6.07, 6.45) is 1.33. The Hall–Kier alpha value is -3.22. The van der Waals surface area contributed by atoms with E-state index in [1.807, 2.05) is 0 Å². The van der Waals surface area contributed by atoms with Crippen molar-refractivity contribution in [3.8, 4) is 5.75 Å². The normalized spacial score (nSPS) is 20.2. The average molecular weight is 341 g/mol. The van der Waals surface area contributed by atoms with E-state index in [4.69, 9.17) is 4.74 Å². The van der Waals surface area contributed by atoms with Crippen LogP contribution in [0.2, 0.25) is 0 Å². The number of methoxy groups -OCH3 is 1.